The van der Waals surface area contributed by atoms with Crippen molar-refractivity contribution in [2.24, 2.45) is 11.8 Å². The van der Waals surface area contributed by atoms with Crippen molar-refractivity contribution in [1.82, 2.24) is 14.7 Å². The summed E-state index contributed by atoms with van der Waals surface area (Å²) in [7, 11) is 0. The smallest absolute Gasteiger partial charge is 0.326 e. The minimum absolute atomic E-state index is 0.0536. The summed E-state index contributed by atoms with van der Waals surface area (Å²) >= 11 is 0. The molecule has 0 bridgehead atoms. The largest absolute Gasteiger partial charge is 0.480 e. The van der Waals surface area contributed by atoms with E-state index in [0.717, 1.165) is 49.2 Å². The highest BCUT2D eigenvalue weighted by molar-refractivity contribution is 5.86. The molecule has 3 atom stereocenters. The van der Waals surface area contributed by atoms with Gasteiger partial charge < -0.3 is 10.0 Å². The van der Waals surface area contributed by atoms with E-state index in [0.29, 0.717) is 18.3 Å². The maximum Gasteiger partial charge on any atom is 0.326 e. The van der Waals surface area contributed by atoms with Crippen LogP contribution in [-0.2, 0) is 22.6 Å². The number of amides is 1. The van der Waals surface area contributed by atoms with Gasteiger partial charge >= 0.3 is 5.97 Å². The highest BCUT2D eigenvalue weighted by Gasteiger charge is 2.47. The molecule has 1 aliphatic heterocycles. The van der Waals surface area contributed by atoms with Gasteiger partial charge in [0.1, 0.15) is 6.04 Å². The Bertz CT molecular complexity index is 695. The van der Waals surface area contributed by atoms with Crippen LogP contribution in [0.15, 0.2) is 0 Å². The van der Waals surface area contributed by atoms with Gasteiger partial charge in [0.2, 0.25) is 5.91 Å². The molecule has 144 valence electrons. The lowest BCUT2D eigenvalue weighted by Crippen LogP contribution is -2.47. The Morgan fingerprint density at radius 1 is 1.23 bits per heavy atom. The van der Waals surface area contributed by atoms with Gasteiger partial charge in [0, 0.05) is 23.8 Å². The molecule has 3 rings (SSSR count). The molecule has 2 fully saturated rings. The first kappa shape index (κ1) is 18.9. The predicted molar refractivity (Wildman–Crippen MR) is 98.9 cm³/mol. The van der Waals surface area contributed by atoms with Gasteiger partial charge in [-0.25, -0.2) is 4.79 Å². The zero-order chi connectivity index (χ0) is 19.0. The molecule has 0 spiro atoms. The molecule has 6 heteroatoms. The number of rotatable bonds is 5. The molecule has 1 saturated carbocycles. The zero-order valence-corrected chi connectivity index (χ0v) is 16.4. The van der Waals surface area contributed by atoms with Crippen molar-refractivity contribution >= 4 is 11.9 Å². The van der Waals surface area contributed by atoms with Crippen molar-refractivity contribution in [3.8, 4) is 0 Å². The summed E-state index contributed by atoms with van der Waals surface area (Å²) in [6.45, 7) is 9.06. The van der Waals surface area contributed by atoms with Crippen LogP contribution in [0.1, 0.15) is 62.9 Å². The van der Waals surface area contributed by atoms with Crippen molar-refractivity contribution < 1.29 is 14.7 Å². The molecule has 3 unspecified atom stereocenters. The molecule has 2 heterocycles. The topological polar surface area (TPSA) is 75.4 Å². The normalized spacial score (nSPS) is 25.6. The quantitative estimate of drug-likeness (QED) is 0.875. The Balaban J connectivity index is 1.82. The molecule has 1 aromatic rings. The first-order chi connectivity index (χ1) is 12.3. The van der Waals surface area contributed by atoms with Crippen LogP contribution in [-0.4, -0.2) is 43.7 Å². The molecule has 0 radical (unpaired) electrons. The van der Waals surface area contributed by atoms with Crippen LogP contribution in [0.2, 0.25) is 0 Å². The Morgan fingerprint density at radius 2 is 1.92 bits per heavy atom. The summed E-state index contributed by atoms with van der Waals surface area (Å²) in [6, 6.07) is -0.564. The number of fused-ring (bicyclic) bond motifs is 1. The number of aryl methyl sites for hydroxylation is 1. The van der Waals surface area contributed by atoms with Crippen LogP contribution in [0.3, 0.4) is 0 Å². The van der Waals surface area contributed by atoms with Gasteiger partial charge in [-0.15, -0.1) is 0 Å². The van der Waals surface area contributed by atoms with Gasteiger partial charge in [0.05, 0.1) is 12.1 Å². The maximum absolute atomic E-state index is 13.1. The summed E-state index contributed by atoms with van der Waals surface area (Å²) in [4.78, 5) is 26.6. The van der Waals surface area contributed by atoms with Crippen molar-refractivity contribution in [2.45, 2.75) is 84.8 Å². The van der Waals surface area contributed by atoms with Crippen LogP contribution < -0.4 is 0 Å². The van der Waals surface area contributed by atoms with E-state index in [-0.39, 0.29) is 18.4 Å². The summed E-state index contributed by atoms with van der Waals surface area (Å²) in [5.41, 5.74) is 2.86. The lowest BCUT2D eigenvalue weighted by molar-refractivity contribution is -0.149. The molecule has 1 aromatic heterocycles. The van der Waals surface area contributed by atoms with Gasteiger partial charge in [-0.3, -0.25) is 9.48 Å². The molecular weight excluding hydrogens is 330 g/mol. The van der Waals surface area contributed by atoms with Gasteiger partial charge in [0.25, 0.3) is 0 Å². The van der Waals surface area contributed by atoms with Gasteiger partial charge in [-0.2, -0.15) is 5.10 Å². The molecule has 1 N–H and O–H groups in total. The number of likely N-dealkylation sites (tertiary alicyclic amines) is 1. The third-order valence-electron chi connectivity index (χ3n) is 6.06. The summed E-state index contributed by atoms with van der Waals surface area (Å²) in [5.74, 6) is -0.0898. The Morgan fingerprint density at radius 3 is 2.58 bits per heavy atom. The van der Waals surface area contributed by atoms with Crippen LogP contribution in [0, 0.1) is 25.7 Å². The van der Waals surface area contributed by atoms with Crippen LogP contribution >= 0.6 is 0 Å². The molecule has 6 nitrogen and oxygen atoms in total. The fraction of sp³-hybridized carbons (Fsp3) is 0.750. The average molecular weight is 361 g/mol. The summed E-state index contributed by atoms with van der Waals surface area (Å²) < 4.78 is 1.98. The third-order valence-corrected chi connectivity index (χ3v) is 6.06. The second-order valence-corrected chi connectivity index (χ2v) is 8.40. The number of hydrogen-bond donors (Lipinski definition) is 1. The predicted octanol–water partition coefficient (Wildman–Crippen LogP) is 2.94. The van der Waals surface area contributed by atoms with Gasteiger partial charge in [-0.05, 0) is 44.9 Å². The van der Waals surface area contributed by atoms with E-state index in [2.05, 4.69) is 18.9 Å². The van der Waals surface area contributed by atoms with Crippen LogP contribution in [0.5, 0.6) is 0 Å². The molecule has 2 aliphatic rings. The molecule has 0 aromatic carbocycles. The number of aliphatic carboxylic acids is 1. The van der Waals surface area contributed by atoms with Gasteiger partial charge in [0.15, 0.2) is 0 Å². The summed E-state index contributed by atoms with van der Waals surface area (Å²) in [6.07, 6.45) is 5.07. The SMILES string of the molecule is Cc1nn(CC(C)C)c(C)c1CC(=O)N1C(C(=O)O)CC2CCCCC21. The number of nitrogens with zero attached hydrogens (tertiary/aromatic N) is 3. The standard InChI is InChI=1S/C20H31N3O3/c1-12(2)11-22-14(4)16(13(3)21-22)10-19(24)23-17-8-6-5-7-15(17)9-18(23)20(25)26/h12,15,17-18H,5-11H2,1-4H3,(H,25,26). The lowest BCUT2D eigenvalue weighted by atomic mass is 9.84. The first-order valence-corrected chi connectivity index (χ1v) is 9.86. The number of aromatic nitrogens is 2. The number of carboxylic acids is 1. The lowest BCUT2D eigenvalue weighted by Gasteiger charge is -2.33. The molecule has 1 aliphatic carbocycles. The van der Waals surface area contributed by atoms with Crippen molar-refractivity contribution in [2.75, 3.05) is 0 Å². The van der Waals surface area contributed by atoms with E-state index in [1.807, 2.05) is 18.5 Å². The second kappa shape index (κ2) is 7.41. The average Bonchev–Trinajstić information content (AvgIpc) is 3.08. The Hall–Kier alpha value is -1.85. The van der Waals surface area contributed by atoms with E-state index in [1.54, 1.807) is 4.90 Å². The van der Waals surface area contributed by atoms with Crippen LogP contribution in [0.4, 0.5) is 0 Å². The fourth-order valence-corrected chi connectivity index (χ4v) is 4.80. The van der Waals surface area contributed by atoms with E-state index in [4.69, 9.17) is 0 Å². The fourth-order valence-electron chi connectivity index (χ4n) is 4.80. The van der Waals surface area contributed by atoms with E-state index in [1.165, 1.54) is 0 Å². The Labute approximate surface area is 155 Å². The van der Waals surface area contributed by atoms with E-state index < -0.39 is 12.0 Å². The molecule has 1 amide bonds. The van der Waals surface area contributed by atoms with Gasteiger partial charge in [-0.1, -0.05) is 26.7 Å². The first-order valence-electron chi connectivity index (χ1n) is 9.86. The summed E-state index contributed by atoms with van der Waals surface area (Å²) in [5, 5.41) is 14.2. The number of carbonyl (C=O) groups is 2. The monoisotopic (exact) mass is 361 g/mol. The van der Waals surface area contributed by atoms with E-state index >= 15 is 0 Å². The number of hydrogen-bond acceptors (Lipinski definition) is 3. The van der Waals surface area contributed by atoms with Crippen LogP contribution in [0.25, 0.3) is 0 Å². The highest BCUT2D eigenvalue weighted by Crippen LogP contribution is 2.40. The second-order valence-electron chi connectivity index (χ2n) is 8.40. The number of carbonyl (C=O) groups excluding carboxylic acids is 1. The Kier molecular flexibility index (Phi) is 5.39. The third kappa shape index (κ3) is 3.51. The number of carboxylic acid groups (broad SMARTS) is 1. The maximum atomic E-state index is 13.1. The molecule has 1 saturated heterocycles. The minimum atomic E-state index is -0.864. The molecule has 26 heavy (non-hydrogen) atoms. The zero-order valence-electron chi connectivity index (χ0n) is 16.4. The van der Waals surface area contributed by atoms with Crippen molar-refractivity contribution in [3.05, 3.63) is 17.0 Å². The van der Waals surface area contributed by atoms with E-state index in [9.17, 15) is 14.7 Å². The molecular formula is C20H31N3O3. The van der Waals surface area contributed by atoms with Crippen molar-refractivity contribution in [3.63, 3.8) is 0 Å². The van der Waals surface area contributed by atoms with Crippen molar-refractivity contribution in [1.29, 1.82) is 0 Å². The minimum Gasteiger partial charge on any atom is -0.480 e. The highest BCUT2D eigenvalue weighted by atomic mass is 16.4.